The molecule has 30 heavy (non-hydrogen) atoms. The smallest absolute Gasteiger partial charge is 0.416 e. The molecule has 158 valence electrons. The molecule has 0 unspecified atom stereocenters. The Morgan fingerprint density at radius 2 is 1.70 bits per heavy atom. The molecule has 0 radical (unpaired) electrons. The van der Waals surface area contributed by atoms with Crippen LogP contribution in [-0.4, -0.2) is 17.4 Å². The number of amides is 1. The Bertz CT molecular complexity index is 1010. The van der Waals surface area contributed by atoms with Gasteiger partial charge >= 0.3 is 6.18 Å². The van der Waals surface area contributed by atoms with Crippen molar-refractivity contribution < 1.29 is 27.4 Å². The number of alkyl halides is 3. The van der Waals surface area contributed by atoms with Gasteiger partial charge in [-0.2, -0.15) is 17.5 Å². The molecule has 0 aliphatic rings. The van der Waals surface area contributed by atoms with E-state index in [4.69, 9.17) is 21.1 Å². The summed E-state index contributed by atoms with van der Waals surface area (Å²) in [4.78, 5) is 12.2. The average molecular weight is 457 g/mol. The summed E-state index contributed by atoms with van der Waals surface area (Å²) in [5, 5.41) is 3.53. The van der Waals surface area contributed by atoms with E-state index in [-0.39, 0.29) is 24.7 Å². The third kappa shape index (κ3) is 5.71. The Balaban J connectivity index is 1.57. The van der Waals surface area contributed by atoms with Gasteiger partial charge in [0.15, 0.2) is 0 Å². The topological polar surface area (TPSA) is 60.5 Å². The zero-order valence-electron chi connectivity index (χ0n) is 15.6. The maximum Gasteiger partial charge on any atom is 0.416 e. The van der Waals surface area contributed by atoms with Crippen molar-refractivity contribution in [1.29, 1.82) is 0 Å². The number of nitrogens with one attached hydrogen (secondary N) is 1. The highest BCUT2D eigenvalue weighted by molar-refractivity contribution is 7.11. The van der Waals surface area contributed by atoms with Gasteiger partial charge in [-0.3, -0.25) is 4.79 Å². The van der Waals surface area contributed by atoms with E-state index in [0.717, 1.165) is 29.2 Å². The zero-order chi connectivity index (χ0) is 21.7. The fourth-order valence-corrected chi connectivity index (χ4v) is 3.50. The molecule has 0 spiro atoms. The molecule has 3 rings (SSSR count). The molecule has 0 fully saturated rings. The van der Waals surface area contributed by atoms with Gasteiger partial charge in [0.05, 0.1) is 18.6 Å². The molecule has 0 aliphatic carbocycles. The van der Waals surface area contributed by atoms with E-state index in [9.17, 15) is 18.0 Å². The lowest BCUT2D eigenvalue weighted by molar-refractivity contribution is -0.137. The number of rotatable bonds is 7. The van der Waals surface area contributed by atoms with Crippen LogP contribution in [0.4, 0.5) is 18.2 Å². The first-order valence-corrected chi connectivity index (χ1v) is 9.78. The standard InChI is InChI=1S/C20H16ClF3N2O3S/c1-28-11-16-18(21)19(30-26-16)25-17(27)10-12-2-6-14(7-3-12)29-15-8-4-13(5-9-15)20(22,23)24/h2-9H,10-11H2,1H3,(H,25,27). The summed E-state index contributed by atoms with van der Waals surface area (Å²) >= 11 is 7.23. The summed E-state index contributed by atoms with van der Waals surface area (Å²) in [6.07, 6.45) is -4.29. The number of benzene rings is 2. The van der Waals surface area contributed by atoms with Crippen LogP contribution in [-0.2, 0) is 28.7 Å². The highest BCUT2D eigenvalue weighted by atomic mass is 35.5. The SMILES string of the molecule is COCc1nsc(NC(=O)Cc2ccc(Oc3ccc(C(F)(F)F)cc3)cc2)c1Cl. The first-order valence-electron chi connectivity index (χ1n) is 8.63. The lowest BCUT2D eigenvalue weighted by atomic mass is 10.1. The molecular formula is C20H16ClF3N2O3S. The van der Waals surface area contributed by atoms with Gasteiger partial charge in [-0.25, -0.2) is 0 Å². The second-order valence-corrected chi connectivity index (χ2v) is 7.35. The number of ether oxygens (including phenoxy) is 2. The number of carbonyl (C=O) groups excluding carboxylic acids is 1. The number of anilines is 1. The van der Waals surface area contributed by atoms with Crippen LogP contribution in [0.25, 0.3) is 0 Å². The molecule has 1 amide bonds. The van der Waals surface area contributed by atoms with E-state index in [1.165, 1.54) is 19.2 Å². The number of aromatic nitrogens is 1. The predicted molar refractivity (Wildman–Crippen MR) is 108 cm³/mol. The van der Waals surface area contributed by atoms with Crippen molar-refractivity contribution in [2.75, 3.05) is 12.4 Å². The molecule has 5 nitrogen and oxygen atoms in total. The van der Waals surface area contributed by atoms with E-state index in [2.05, 4.69) is 9.69 Å². The van der Waals surface area contributed by atoms with Crippen molar-refractivity contribution in [3.05, 3.63) is 70.4 Å². The number of halogens is 4. The molecule has 0 saturated carbocycles. The Labute approximate surface area is 179 Å². The van der Waals surface area contributed by atoms with Crippen molar-refractivity contribution in [3.8, 4) is 11.5 Å². The molecular weight excluding hydrogens is 441 g/mol. The van der Waals surface area contributed by atoms with Crippen molar-refractivity contribution in [1.82, 2.24) is 4.37 Å². The fourth-order valence-electron chi connectivity index (χ4n) is 2.50. The van der Waals surface area contributed by atoms with E-state index < -0.39 is 11.7 Å². The molecule has 3 aromatic rings. The van der Waals surface area contributed by atoms with Gasteiger partial charge in [-0.15, -0.1) is 0 Å². The Morgan fingerprint density at radius 3 is 2.27 bits per heavy atom. The number of hydrogen-bond donors (Lipinski definition) is 1. The molecule has 0 atom stereocenters. The lowest BCUT2D eigenvalue weighted by Crippen LogP contribution is -2.13. The number of hydrogen-bond acceptors (Lipinski definition) is 5. The minimum atomic E-state index is -4.39. The minimum Gasteiger partial charge on any atom is -0.457 e. The van der Waals surface area contributed by atoms with Gasteiger partial charge in [-0.05, 0) is 53.5 Å². The van der Waals surface area contributed by atoms with Crippen molar-refractivity contribution >= 4 is 34.0 Å². The van der Waals surface area contributed by atoms with Gasteiger partial charge in [0, 0.05) is 7.11 Å². The number of nitrogens with zero attached hydrogens (tertiary/aromatic N) is 1. The van der Waals surface area contributed by atoms with Gasteiger partial charge in [0.2, 0.25) is 5.91 Å². The highest BCUT2D eigenvalue weighted by Crippen LogP contribution is 2.32. The highest BCUT2D eigenvalue weighted by Gasteiger charge is 2.30. The number of carbonyl (C=O) groups is 1. The van der Waals surface area contributed by atoms with E-state index in [1.807, 2.05) is 0 Å². The summed E-state index contributed by atoms with van der Waals surface area (Å²) < 4.78 is 52.5. The second-order valence-electron chi connectivity index (χ2n) is 6.20. The Morgan fingerprint density at radius 1 is 1.10 bits per heavy atom. The van der Waals surface area contributed by atoms with Gasteiger partial charge in [0.25, 0.3) is 0 Å². The lowest BCUT2D eigenvalue weighted by Gasteiger charge is -2.09. The normalized spacial score (nSPS) is 11.4. The maximum atomic E-state index is 12.6. The fraction of sp³-hybridized carbons (Fsp3) is 0.200. The van der Waals surface area contributed by atoms with Crippen LogP contribution in [0.3, 0.4) is 0 Å². The summed E-state index contributed by atoms with van der Waals surface area (Å²) in [6, 6.07) is 11.1. The van der Waals surface area contributed by atoms with Crippen LogP contribution < -0.4 is 10.1 Å². The third-order valence-corrected chi connectivity index (χ3v) is 5.26. The van der Waals surface area contributed by atoms with Crippen LogP contribution in [0.2, 0.25) is 5.02 Å². The molecule has 0 aliphatic heterocycles. The van der Waals surface area contributed by atoms with E-state index in [1.54, 1.807) is 24.3 Å². The zero-order valence-corrected chi connectivity index (χ0v) is 17.2. The van der Waals surface area contributed by atoms with E-state index in [0.29, 0.717) is 21.5 Å². The minimum absolute atomic E-state index is 0.106. The van der Waals surface area contributed by atoms with Gasteiger partial charge < -0.3 is 14.8 Å². The first-order chi connectivity index (χ1) is 14.3. The number of methoxy groups -OCH3 is 1. The second kappa shape index (κ2) is 9.46. The monoisotopic (exact) mass is 456 g/mol. The summed E-state index contributed by atoms with van der Waals surface area (Å²) in [7, 11) is 1.53. The molecule has 1 aromatic heterocycles. The summed E-state index contributed by atoms with van der Waals surface area (Å²) in [5.74, 6) is 0.453. The van der Waals surface area contributed by atoms with Crippen LogP contribution in [0.5, 0.6) is 11.5 Å². The van der Waals surface area contributed by atoms with Crippen molar-refractivity contribution in [2.24, 2.45) is 0 Å². The van der Waals surface area contributed by atoms with Crippen molar-refractivity contribution in [2.45, 2.75) is 19.2 Å². The third-order valence-electron chi connectivity index (χ3n) is 3.94. The molecule has 0 saturated heterocycles. The first kappa shape index (κ1) is 22.1. The average Bonchev–Trinajstić information content (AvgIpc) is 3.03. The van der Waals surface area contributed by atoms with Crippen LogP contribution >= 0.6 is 23.1 Å². The molecule has 1 heterocycles. The predicted octanol–water partition coefficient (Wildman–Crippen LogP) is 5.94. The Kier molecular flexibility index (Phi) is 6.96. The van der Waals surface area contributed by atoms with Crippen LogP contribution in [0, 0.1) is 0 Å². The van der Waals surface area contributed by atoms with Crippen LogP contribution in [0.1, 0.15) is 16.8 Å². The molecule has 10 heteroatoms. The molecule has 1 N–H and O–H groups in total. The van der Waals surface area contributed by atoms with Gasteiger partial charge in [-0.1, -0.05) is 23.7 Å². The summed E-state index contributed by atoms with van der Waals surface area (Å²) in [6.45, 7) is 0.256. The molecule has 0 bridgehead atoms. The quantitative estimate of drug-likeness (QED) is 0.478. The van der Waals surface area contributed by atoms with Crippen LogP contribution in [0.15, 0.2) is 48.5 Å². The van der Waals surface area contributed by atoms with Gasteiger partial charge in [0.1, 0.15) is 27.2 Å². The summed E-state index contributed by atoms with van der Waals surface area (Å²) in [5.41, 5.74) is 0.542. The Hall–Kier alpha value is -2.62. The largest absolute Gasteiger partial charge is 0.457 e. The molecule has 2 aromatic carbocycles. The van der Waals surface area contributed by atoms with E-state index >= 15 is 0 Å². The maximum absolute atomic E-state index is 12.6. The van der Waals surface area contributed by atoms with Crippen molar-refractivity contribution in [3.63, 3.8) is 0 Å².